The van der Waals surface area contributed by atoms with E-state index in [1.54, 1.807) is 0 Å². The largest absolute Gasteiger partial charge is 0.490 e. The maximum atomic E-state index is 5.69. The molecule has 0 bridgehead atoms. The van der Waals surface area contributed by atoms with Crippen molar-refractivity contribution in [3.8, 4) is 11.5 Å². The Morgan fingerprint density at radius 1 is 1.29 bits per heavy atom. The lowest BCUT2D eigenvalue weighted by Crippen LogP contribution is -2.21. The van der Waals surface area contributed by atoms with Crippen molar-refractivity contribution in [1.29, 1.82) is 0 Å². The molecule has 3 nitrogen and oxygen atoms in total. The maximum Gasteiger partial charge on any atom is 0.175 e. The normalized spacial score (nSPS) is 14.8. The number of ether oxygens (including phenoxy) is 2. The first-order valence-corrected chi connectivity index (χ1v) is 6.77. The average Bonchev–Trinajstić information content (AvgIpc) is 2.51. The summed E-state index contributed by atoms with van der Waals surface area (Å²) in [5, 5.41) is 3.39. The van der Waals surface area contributed by atoms with Crippen LogP contribution in [-0.2, 0) is 6.54 Å². The van der Waals surface area contributed by atoms with Crippen LogP contribution < -0.4 is 14.8 Å². The third kappa shape index (κ3) is 3.36. The summed E-state index contributed by atoms with van der Waals surface area (Å²) in [6.07, 6.45) is 0.931. The Labute approximate surface area is 111 Å². The van der Waals surface area contributed by atoms with Gasteiger partial charge in [0.15, 0.2) is 11.5 Å². The molecular formula is C13H18BrNO2. The fraction of sp³-hybridized carbons (Fsp3) is 0.538. The summed E-state index contributed by atoms with van der Waals surface area (Å²) in [5.41, 5.74) is 1.20. The summed E-state index contributed by atoms with van der Waals surface area (Å²) in [6.45, 7) is 6.55. The Kier molecular flexibility index (Phi) is 4.29. The summed E-state index contributed by atoms with van der Waals surface area (Å²) in [5.74, 6) is 1.67. The van der Waals surface area contributed by atoms with Crippen molar-refractivity contribution in [1.82, 2.24) is 5.32 Å². The Bertz CT molecular complexity index is 393. The molecule has 1 N–H and O–H groups in total. The van der Waals surface area contributed by atoms with Gasteiger partial charge in [-0.25, -0.2) is 0 Å². The summed E-state index contributed by atoms with van der Waals surface area (Å²) in [4.78, 5) is 0. The van der Waals surface area contributed by atoms with E-state index in [1.165, 1.54) is 5.56 Å². The lowest BCUT2D eigenvalue weighted by Gasteiger charge is -2.13. The quantitative estimate of drug-likeness (QED) is 0.930. The summed E-state index contributed by atoms with van der Waals surface area (Å²) in [6, 6.07) is 4.62. The molecule has 17 heavy (non-hydrogen) atoms. The second-order valence-corrected chi connectivity index (χ2v) is 5.35. The Hall–Kier alpha value is -0.740. The molecular weight excluding hydrogens is 282 g/mol. The first-order valence-electron chi connectivity index (χ1n) is 5.98. The molecule has 0 aromatic heterocycles. The molecule has 2 rings (SSSR count). The molecule has 0 unspecified atom stereocenters. The van der Waals surface area contributed by atoms with Crippen LogP contribution in [0.2, 0.25) is 0 Å². The van der Waals surface area contributed by atoms with Gasteiger partial charge in [-0.2, -0.15) is 0 Å². The minimum atomic E-state index is 0.477. The number of halogens is 1. The van der Waals surface area contributed by atoms with Crippen LogP contribution in [0.15, 0.2) is 16.6 Å². The molecule has 0 aliphatic carbocycles. The van der Waals surface area contributed by atoms with Crippen molar-refractivity contribution in [2.45, 2.75) is 32.9 Å². The molecule has 0 saturated heterocycles. The van der Waals surface area contributed by atoms with Crippen molar-refractivity contribution in [3.05, 3.63) is 22.2 Å². The Balaban J connectivity index is 2.20. The minimum absolute atomic E-state index is 0.477. The number of hydrogen-bond donors (Lipinski definition) is 1. The maximum absolute atomic E-state index is 5.69. The molecule has 94 valence electrons. The van der Waals surface area contributed by atoms with Crippen molar-refractivity contribution in [3.63, 3.8) is 0 Å². The zero-order chi connectivity index (χ0) is 12.3. The standard InChI is InChI=1S/C13H18BrNO2/c1-9(2)15-8-10-6-11(14)13-12(7-10)16-4-3-5-17-13/h6-7,9,15H,3-5,8H2,1-2H3. The Morgan fingerprint density at radius 2 is 2.06 bits per heavy atom. The Morgan fingerprint density at radius 3 is 2.82 bits per heavy atom. The van der Waals surface area contributed by atoms with Crippen LogP contribution in [-0.4, -0.2) is 19.3 Å². The highest BCUT2D eigenvalue weighted by Crippen LogP contribution is 2.38. The number of nitrogens with one attached hydrogen (secondary N) is 1. The van der Waals surface area contributed by atoms with E-state index in [0.717, 1.165) is 42.2 Å². The molecule has 1 aromatic rings. The van der Waals surface area contributed by atoms with Gasteiger partial charge < -0.3 is 14.8 Å². The van der Waals surface area contributed by atoms with E-state index in [-0.39, 0.29) is 0 Å². The van der Waals surface area contributed by atoms with Crippen LogP contribution in [0.25, 0.3) is 0 Å². The van der Waals surface area contributed by atoms with Gasteiger partial charge in [-0.3, -0.25) is 0 Å². The SMILES string of the molecule is CC(C)NCc1cc(Br)c2c(c1)OCCCO2. The molecule has 1 heterocycles. The molecule has 0 spiro atoms. The predicted molar refractivity (Wildman–Crippen MR) is 71.7 cm³/mol. The third-order valence-corrected chi connectivity index (χ3v) is 3.17. The molecule has 1 aromatic carbocycles. The van der Waals surface area contributed by atoms with Crippen molar-refractivity contribution < 1.29 is 9.47 Å². The second kappa shape index (κ2) is 5.74. The monoisotopic (exact) mass is 299 g/mol. The molecule has 4 heteroatoms. The van der Waals surface area contributed by atoms with Gasteiger partial charge in [0.25, 0.3) is 0 Å². The van der Waals surface area contributed by atoms with E-state index in [9.17, 15) is 0 Å². The summed E-state index contributed by atoms with van der Waals surface area (Å²) < 4.78 is 12.3. The van der Waals surface area contributed by atoms with Gasteiger partial charge in [-0.15, -0.1) is 0 Å². The van der Waals surface area contributed by atoms with Gasteiger partial charge in [0.2, 0.25) is 0 Å². The van der Waals surface area contributed by atoms with Crippen molar-refractivity contribution >= 4 is 15.9 Å². The number of fused-ring (bicyclic) bond motifs is 1. The molecule has 0 fully saturated rings. The van der Waals surface area contributed by atoms with Crippen LogP contribution in [0.1, 0.15) is 25.8 Å². The highest BCUT2D eigenvalue weighted by molar-refractivity contribution is 9.10. The molecule has 0 saturated carbocycles. The average molecular weight is 300 g/mol. The van der Waals surface area contributed by atoms with E-state index >= 15 is 0 Å². The van der Waals surface area contributed by atoms with E-state index in [2.05, 4.69) is 47.2 Å². The van der Waals surface area contributed by atoms with Crippen molar-refractivity contribution in [2.24, 2.45) is 0 Å². The fourth-order valence-corrected chi connectivity index (χ4v) is 2.31. The van der Waals surface area contributed by atoms with E-state index in [1.807, 2.05) is 0 Å². The molecule has 0 amide bonds. The third-order valence-electron chi connectivity index (χ3n) is 2.58. The van der Waals surface area contributed by atoms with Crippen LogP contribution in [0, 0.1) is 0 Å². The second-order valence-electron chi connectivity index (χ2n) is 4.49. The van der Waals surface area contributed by atoms with Gasteiger partial charge in [-0.05, 0) is 33.6 Å². The lowest BCUT2D eigenvalue weighted by atomic mass is 10.2. The smallest absolute Gasteiger partial charge is 0.175 e. The van der Waals surface area contributed by atoms with Crippen molar-refractivity contribution in [2.75, 3.05) is 13.2 Å². The van der Waals surface area contributed by atoms with Gasteiger partial charge in [0.05, 0.1) is 17.7 Å². The first kappa shape index (κ1) is 12.7. The van der Waals surface area contributed by atoms with Gasteiger partial charge in [0, 0.05) is 19.0 Å². The summed E-state index contributed by atoms with van der Waals surface area (Å²) in [7, 11) is 0. The lowest BCUT2D eigenvalue weighted by molar-refractivity contribution is 0.296. The topological polar surface area (TPSA) is 30.5 Å². The van der Waals surface area contributed by atoms with E-state index in [0.29, 0.717) is 6.04 Å². The van der Waals surface area contributed by atoms with Crippen LogP contribution in [0.5, 0.6) is 11.5 Å². The van der Waals surface area contributed by atoms with Crippen LogP contribution >= 0.6 is 15.9 Å². The first-order chi connectivity index (χ1) is 8.16. The highest BCUT2D eigenvalue weighted by atomic mass is 79.9. The molecule has 1 aliphatic rings. The molecule has 1 aliphatic heterocycles. The molecule has 0 atom stereocenters. The minimum Gasteiger partial charge on any atom is -0.490 e. The highest BCUT2D eigenvalue weighted by Gasteiger charge is 2.15. The zero-order valence-corrected chi connectivity index (χ0v) is 11.8. The number of benzene rings is 1. The van der Waals surface area contributed by atoms with E-state index in [4.69, 9.17) is 9.47 Å². The van der Waals surface area contributed by atoms with Gasteiger partial charge >= 0.3 is 0 Å². The number of hydrogen-bond acceptors (Lipinski definition) is 3. The van der Waals surface area contributed by atoms with Gasteiger partial charge in [0.1, 0.15) is 0 Å². The number of rotatable bonds is 3. The van der Waals surface area contributed by atoms with Crippen LogP contribution in [0.4, 0.5) is 0 Å². The van der Waals surface area contributed by atoms with Crippen LogP contribution in [0.3, 0.4) is 0 Å². The zero-order valence-electron chi connectivity index (χ0n) is 10.3. The fourth-order valence-electron chi connectivity index (χ4n) is 1.71. The van der Waals surface area contributed by atoms with E-state index < -0.39 is 0 Å². The summed E-state index contributed by atoms with van der Waals surface area (Å²) >= 11 is 3.54. The predicted octanol–water partition coefficient (Wildman–Crippen LogP) is 3.11. The molecule has 0 radical (unpaired) electrons. The van der Waals surface area contributed by atoms with Gasteiger partial charge in [-0.1, -0.05) is 13.8 Å².